The highest BCUT2D eigenvalue weighted by atomic mass is 16.5. The number of nitrogens with one attached hydrogen (secondary N) is 1. The third-order valence-corrected chi connectivity index (χ3v) is 3.04. The molecule has 0 unspecified atom stereocenters. The number of ether oxygens (including phenoxy) is 1. The third-order valence-electron chi connectivity index (χ3n) is 3.04. The van der Waals surface area contributed by atoms with Crippen LogP contribution in [0.1, 0.15) is 22.6 Å². The molecule has 2 aromatic heterocycles. The molecule has 0 atom stereocenters. The minimum absolute atomic E-state index is 0.0923. The van der Waals surface area contributed by atoms with Gasteiger partial charge in [-0.1, -0.05) is 11.2 Å². The van der Waals surface area contributed by atoms with Crippen LogP contribution < -0.4 is 10.1 Å². The second kappa shape index (κ2) is 6.18. The smallest absolute Gasteiger partial charge is 0.224 e. The quantitative estimate of drug-likeness (QED) is 0.896. The van der Waals surface area contributed by atoms with Crippen molar-refractivity contribution in [2.24, 2.45) is 0 Å². The number of rotatable bonds is 5. The van der Waals surface area contributed by atoms with Crippen molar-refractivity contribution < 1.29 is 14.1 Å². The molecule has 0 fully saturated rings. The van der Waals surface area contributed by atoms with Crippen molar-refractivity contribution >= 4 is 5.91 Å². The van der Waals surface area contributed by atoms with E-state index in [9.17, 15) is 4.79 Å². The Kier molecular flexibility index (Phi) is 4.34. The highest BCUT2D eigenvalue weighted by molar-refractivity contribution is 5.79. The number of amides is 1. The van der Waals surface area contributed by atoms with Crippen LogP contribution in [0.2, 0.25) is 0 Å². The molecule has 1 amide bonds. The van der Waals surface area contributed by atoms with E-state index < -0.39 is 0 Å². The molecule has 0 bridgehead atoms. The molecule has 0 radical (unpaired) electrons. The van der Waals surface area contributed by atoms with E-state index in [1.165, 1.54) is 0 Å². The minimum atomic E-state index is -0.0923. The predicted molar refractivity (Wildman–Crippen MR) is 72.3 cm³/mol. The first-order valence-electron chi connectivity index (χ1n) is 6.28. The first-order chi connectivity index (χ1) is 9.61. The molecule has 0 saturated carbocycles. The molecule has 0 aliphatic rings. The van der Waals surface area contributed by atoms with Gasteiger partial charge in [0.2, 0.25) is 11.8 Å². The average molecular weight is 275 g/mol. The number of aromatic nitrogens is 2. The fraction of sp³-hybridized carbons (Fsp3) is 0.357. The van der Waals surface area contributed by atoms with Gasteiger partial charge in [0.25, 0.3) is 0 Å². The maximum Gasteiger partial charge on any atom is 0.224 e. The van der Waals surface area contributed by atoms with E-state index in [-0.39, 0.29) is 12.3 Å². The summed E-state index contributed by atoms with van der Waals surface area (Å²) in [6, 6.07) is 3.67. The van der Waals surface area contributed by atoms with E-state index in [1.54, 1.807) is 26.3 Å². The molecule has 6 nitrogen and oxygen atoms in total. The van der Waals surface area contributed by atoms with Gasteiger partial charge in [-0.25, -0.2) is 4.98 Å². The summed E-state index contributed by atoms with van der Waals surface area (Å²) < 4.78 is 10.2. The van der Waals surface area contributed by atoms with Crippen molar-refractivity contribution in [1.82, 2.24) is 15.5 Å². The summed E-state index contributed by atoms with van der Waals surface area (Å²) in [6.45, 7) is 4.00. The number of carbonyl (C=O) groups is 1. The Morgan fingerprint density at radius 3 is 2.90 bits per heavy atom. The van der Waals surface area contributed by atoms with Crippen LogP contribution in [0.4, 0.5) is 0 Å². The van der Waals surface area contributed by atoms with Gasteiger partial charge in [-0.15, -0.1) is 0 Å². The topological polar surface area (TPSA) is 77.2 Å². The summed E-state index contributed by atoms with van der Waals surface area (Å²) in [4.78, 5) is 16.0. The van der Waals surface area contributed by atoms with Gasteiger partial charge in [0.15, 0.2) is 0 Å². The lowest BCUT2D eigenvalue weighted by molar-refractivity contribution is -0.120. The van der Waals surface area contributed by atoms with Gasteiger partial charge in [-0.3, -0.25) is 4.79 Å². The van der Waals surface area contributed by atoms with Crippen LogP contribution >= 0.6 is 0 Å². The van der Waals surface area contributed by atoms with Gasteiger partial charge < -0.3 is 14.6 Å². The highest BCUT2D eigenvalue weighted by Crippen LogP contribution is 2.14. The van der Waals surface area contributed by atoms with Gasteiger partial charge in [-0.05, 0) is 19.9 Å². The lowest BCUT2D eigenvalue weighted by atomic mass is 10.1. The van der Waals surface area contributed by atoms with Crippen LogP contribution in [-0.2, 0) is 17.8 Å². The molecule has 0 aromatic carbocycles. The Bertz CT molecular complexity index is 588. The summed E-state index contributed by atoms with van der Waals surface area (Å²) in [5.74, 6) is 1.10. The van der Waals surface area contributed by atoms with Crippen molar-refractivity contribution in [1.29, 1.82) is 0 Å². The van der Waals surface area contributed by atoms with Crippen LogP contribution in [0, 0.1) is 13.8 Å². The fourth-order valence-electron chi connectivity index (χ4n) is 1.91. The van der Waals surface area contributed by atoms with Gasteiger partial charge in [0.05, 0.1) is 19.2 Å². The van der Waals surface area contributed by atoms with E-state index in [0.29, 0.717) is 18.2 Å². The standard InChI is InChI=1S/C14H17N3O3/c1-9-12(10(2)20-17-9)7-13(18)16-8-11-5-4-6-15-14(11)19-3/h4-6H,7-8H2,1-3H3,(H,16,18). The minimum Gasteiger partial charge on any atom is -0.481 e. The zero-order valence-corrected chi connectivity index (χ0v) is 11.8. The second-order valence-electron chi connectivity index (χ2n) is 4.43. The van der Waals surface area contributed by atoms with Gasteiger partial charge in [-0.2, -0.15) is 0 Å². The maximum absolute atomic E-state index is 11.9. The maximum atomic E-state index is 11.9. The van der Waals surface area contributed by atoms with Gasteiger partial charge >= 0.3 is 0 Å². The normalized spacial score (nSPS) is 10.3. The molecule has 0 aliphatic carbocycles. The summed E-state index contributed by atoms with van der Waals surface area (Å²) >= 11 is 0. The van der Waals surface area contributed by atoms with E-state index in [1.807, 2.05) is 13.0 Å². The number of aryl methyl sites for hydroxylation is 2. The molecule has 2 aromatic rings. The SMILES string of the molecule is COc1ncccc1CNC(=O)Cc1c(C)noc1C. The van der Waals surface area contributed by atoms with Crippen LogP contribution in [0.5, 0.6) is 5.88 Å². The third kappa shape index (κ3) is 3.14. The monoisotopic (exact) mass is 275 g/mol. The predicted octanol–water partition coefficient (Wildman–Crippen LogP) is 1.55. The Balaban J connectivity index is 1.96. The number of hydrogen-bond acceptors (Lipinski definition) is 5. The fourth-order valence-corrected chi connectivity index (χ4v) is 1.91. The molecular formula is C14H17N3O3. The van der Waals surface area contributed by atoms with Crippen LogP contribution in [0.3, 0.4) is 0 Å². The van der Waals surface area contributed by atoms with E-state index in [0.717, 1.165) is 16.8 Å². The summed E-state index contributed by atoms with van der Waals surface area (Å²) in [5.41, 5.74) is 2.42. The molecule has 0 spiro atoms. The molecule has 106 valence electrons. The molecule has 1 N–H and O–H groups in total. The van der Waals surface area contributed by atoms with Crippen LogP contribution in [0.15, 0.2) is 22.9 Å². The Labute approximate surface area is 117 Å². The summed E-state index contributed by atoms with van der Waals surface area (Å²) in [7, 11) is 1.55. The van der Waals surface area contributed by atoms with Gasteiger partial charge in [0, 0.05) is 23.9 Å². The number of methoxy groups -OCH3 is 1. The summed E-state index contributed by atoms with van der Waals surface area (Å²) in [6.07, 6.45) is 1.90. The van der Waals surface area contributed by atoms with E-state index in [2.05, 4.69) is 15.5 Å². The average Bonchev–Trinajstić information content (AvgIpc) is 2.77. The number of hydrogen-bond donors (Lipinski definition) is 1. The zero-order chi connectivity index (χ0) is 14.5. The molecule has 20 heavy (non-hydrogen) atoms. The van der Waals surface area contributed by atoms with Crippen molar-refractivity contribution in [2.45, 2.75) is 26.8 Å². The number of carbonyl (C=O) groups excluding carboxylic acids is 1. The van der Waals surface area contributed by atoms with Crippen molar-refractivity contribution in [3.63, 3.8) is 0 Å². The van der Waals surface area contributed by atoms with Gasteiger partial charge in [0.1, 0.15) is 5.76 Å². The highest BCUT2D eigenvalue weighted by Gasteiger charge is 2.13. The van der Waals surface area contributed by atoms with E-state index >= 15 is 0 Å². The molecular weight excluding hydrogens is 258 g/mol. The first kappa shape index (κ1) is 14.0. The first-order valence-corrected chi connectivity index (χ1v) is 6.28. The second-order valence-corrected chi connectivity index (χ2v) is 4.43. The lowest BCUT2D eigenvalue weighted by Gasteiger charge is -2.08. The van der Waals surface area contributed by atoms with Crippen LogP contribution in [-0.4, -0.2) is 23.2 Å². The molecule has 0 saturated heterocycles. The largest absolute Gasteiger partial charge is 0.481 e. The Hall–Kier alpha value is -2.37. The Morgan fingerprint density at radius 1 is 1.45 bits per heavy atom. The van der Waals surface area contributed by atoms with Crippen molar-refractivity contribution in [3.05, 3.63) is 40.9 Å². The van der Waals surface area contributed by atoms with Crippen molar-refractivity contribution in [3.8, 4) is 5.88 Å². The van der Waals surface area contributed by atoms with Crippen LogP contribution in [0.25, 0.3) is 0 Å². The van der Waals surface area contributed by atoms with E-state index in [4.69, 9.17) is 9.26 Å². The number of nitrogens with zero attached hydrogens (tertiary/aromatic N) is 2. The molecule has 6 heteroatoms. The lowest BCUT2D eigenvalue weighted by Crippen LogP contribution is -2.25. The molecule has 2 heterocycles. The summed E-state index contributed by atoms with van der Waals surface area (Å²) in [5, 5.41) is 6.67. The number of pyridine rings is 1. The zero-order valence-electron chi connectivity index (χ0n) is 11.8. The Morgan fingerprint density at radius 2 is 2.25 bits per heavy atom. The molecule has 2 rings (SSSR count). The molecule has 0 aliphatic heterocycles. The van der Waals surface area contributed by atoms with Crippen molar-refractivity contribution in [2.75, 3.05) is 7.11 Å².